The molecule has 1 amide bonds. The minimum atomic E-state index is -0.202. The highest BCUT2D eigenvalue weighted by Gasteiger charge is 2.21. The van der Waals surface area contributed by atoms with Crippen LogP contribution >= 0.6 is 0 Å². The number of carbonyl (C=O) groups excluding carboxylic acids is 1. The van der Waals surface area contributed by atoms with Crippen LogP contribution in [0.2, 0.25) is 0 Å². The zero-order chi connectivity index (χ0) is 21.5. The molecule has 2 aliphatic heterocycles. The molecule has 0 atom stereocenters. The number of nitrogens with zero attached hydrogens (tertiary/aromatic N) is 5. The van der Waals surface area contributed by atoms with Crippen molar-refractivity contribution in [2.75, 3.05) is 74.9 Å². The number of anilines is 3. The molecule has 2 N–H and O–H groups in total. The molecule has 0 unspecified atom stereocenters. The van der Waals surface area contributed by atoms with Crippen LogP contribution in [0, 0.1) is 0 Å². The smallest absolute Gasteiger partial charge is 0.248 e. The first kappa shape index (κ1) is 21.1. The maximum Gasteiger partial charge on any atom is 0.248 e. The molecule has 31 heavy (non-hydrogen) atoms. The van der Waals surface area contributed by atoms with Gasteiger partial charge in [-0.3, -0.25) is 15.6 Å². The van der Waals surface area contributed by atoms with Gasteiger partial charge in [-0.05, 0) is 17.7 Å². The summed E-state index contributed by atoms with van der Waals surface area (Å²) in [7, 11) is 1.61. The average Bonchev–Trinajstić information content (AvgIpc) is 2.84. The zero-order valence-corrected chi connectivity index (χ0v) is 17.5. The molecule has 3 heterocycles. The topological polar surface area (TPSA) is 114 Å². The minimum absolute atomic E-state index is 0.202. The molecule has 166 valence electrons. The minimum Gasteiger partial charge on any atom is -0.497 e. The summed E-state index contributed by atoms with van der Waals surface area (Å²) >= 11 is 0. The van der Waals surface area contributed by atoms with Gasteiger partial charge >= 0.3 is 0 Å². The first-order chi connectivity index (χ1) is 15.2. The number of methoxy groups -OCH3 is 1. The lowest BCUT2D eigenvalue weighted by Gasteiger charge is -2.30. The number of hydrazine groups is 1. The van der Waals surface area contributed by atoms with Crippen molar-refractivity contribution < 1.29 is 19.0 Å². The number of amides is 1. The molecule has 2 aliphatic rings. The van der Waals surface area contributed by atoms with Gasteiger partial charge in [-0.15, -0.1) is 0 Å². The summed E-state index contributed by atoms with van der Waals surface area (Å²) in [5, 5.41) is 0. The second-order valence-electron chi connectivity index (χ2n) is 7.16. The van der Waals surface area contributed by atoms with Crippen LogP contribution in [0.15, 0.2) is 24.3 Å². The van der Waals surface area contributed by atoms with Crippen molar-refractivity contribution in [1.29, 1.82) is 0 Å². The Balaban J connectivity index is 1.44. The predicted octanol–water partition coefficient (Wildman–Crippen LogP) is 0.239. The first-order valence-electron chi connectivity index (χ1n) is 10.3. The summed E-state index contributed by atoms with van der Waals surface area (Å²) in [6, 6.07) is 7.36. The maximum absolute atomic E-state index is 12.4. The molecule has 2 fully saturated rings. The van der Waals surface area contributed by atoms with E-state index in [1.54, 1.807) is 7.11 Å². The third-order valence-corrected chi connectivity index (χ3v) is 5.04. The largest absolute Gasteiger partial charge is 0.497 e. The van der Waals surface area contributed by atoms with Gasteiger partial charge in [0.15, 0.2) is 0 Å². The van der Waals surface area contributed by atoms with E-state index in [0.717, 1.165) is 11.3 Å². The molecule has 0 bridgehead atoms. The Morgan fingerprint density at radius 2 is 1.48 bits per heavy atom. The number of rotatable bonds is 7. The van der Waals surface area contributed by atoms with Crippen molar-refractivity contribution in [3.05, 3.63) is 29.8 Å². The van der Waals surface area contributed by atoms with Crippen LogP contribution in [0.3, 0.4) is 0 Å². The molecule has 0 spiro atoms. The van der Waals surface area contributed by atoms with Crippen LogP contribution in [0.5, 0.6) is 5.75 Å². The van der Waals surface area contributed by atoms with Crippen molar-refractivity contribution in [2.45, 2.75) is 6.42 Å². The van der Waals surface area contributed by atoms with Gasteiger partial charge in [0, 0.05) is 26.2 Å². The molecule has 1 aromatic carbocycles. The lowest BCUT2D eigenvalue weighted by Crippen LogP contribution is -2.40. The Morgan fingerprint density at radius 1 is 0.935 bits per heavy atom. The molecular formula is C20H27N7O4. The van der Waals surface area contributed by atoms with E-state index in [0.29, 0.717) is 70.5 Å². The van der Waals surface area contributed by atoms with E-state index < -0.39 is 0 Å². The Labute approximate surface area is 180 Å². The van der Waals surface area contributed by atoms with E-state index in [9.17, 15) is 4.79 Å². The molecule has 0 aliphatic carbocycles. The number of benzene rings is 1. The monoisotopic (exact) mass is 429 g/mol. The van der Waals surface area contributed by atoms with Gasteiger partial charge in [0.25, 0.3) is 0 Å². The van der Waals surface area contributed by atoms with Gasteiger partial charge in [0.05, 0.1) is 40.0 Å². The molecule has 1 aromatic heterocycles. The number of hydrogen-bond acceptors (Lipinski definition) is 10. The maximum atomic E-state index is 12.4. The first-order valence-corrected chi connectivity index (χ1v) is 10.3. The molecule has 2 aromatic rings. The summed E-state index contributed by atoms with van der Waals surface area (Å²) in [6.07, 6.45) is 0.217. The van der Waals surface area contributed by atoms with E-state index in [1.165, 1.54) is 0 Å². The van der Waals surface area contributed by atoms with Crippen LogP contribution in [0.25, 0.3) is 0 Å². The summed E-state index contributed by atoms with van der Waals surface area (Å²) < 4.78 is 16.0. The molecule has 4 rings (SSSR count). The number of morpholine rings is 2. The van der Waals surface area contributed by atoms with Crippen LogP contribution in [0.1, 0.15) is 5.56 Å². The number of nitrogens with one attached hydrogen (secondary N) is 2. The number of aromatic nitrogens is 3. The lowest BCUT2D eigenvalue weighted by atomic mass is 10.1. The SMILES string of the molecule is COc1ccc(CC(=O)NNc2nc(N3CCOCC3)nc(N3CCOCC3)n2)cc1. The number of carbonyl (C=O) groups is 1. The Kier molecular flexibility index (Phi) is 6.95. The van der Waals surface area contributed by atoms with Crippen LogP contribution in [-0.4, -0.2) is 80.6 Å². The van der Waals surface area contributed by atoms with Gasteiger partial charge in [0.1, 0.15) is 5.75 Å². The van der Waals surface area contributed by atoms with Crippen LogP contribution < -0.4 is 25.4 Å². The third-order valence-electron chi connectivity index (χ3n) is 5.04. The quantitative estimate of drug-likeness (QED) is 0.593. The fourth-order valence-electron chi connectivity index (χ4n) is 3.32. The second kappa shape index (κ2) is 10.2. The highest BCUT2D eigenvalue weighted by Crippen LogP contribution is 2.18. The highest BCUT2D eigenvalue weighted by molar-refractivity contribution is 5.79. The lowest BCUT2D eigenvalue weighted by molar-refractivity contribution is -0.119. The molecule has 11 nitrogen and oxygen atoms in total. The van der Waals surface area contributed by atoms with E-state index in [-0.39, 0.29) is 12.3 Å². The standard InChI is InChI=1S/C20H27N7O4/c1-29-16-4-2-15(3-5-16)14-17(28)24-25-18-21-19(26-6-10-30-11-7-26)23-20(22-18)27-8-12-31-13-9-27/h2-5H,6-14H2,1H3,(H,24,28)(H,21,22,23,25). The van der Waals surface area contributed by atoms with Gasteiger partial charge in [-0.1, -0.05) is 12.1 Å². The molecule has 11 heteroatoms. The summed E-state index contributed by atoms with van der Waals surface area (Å²) in [4.78, 5) is 30.1. The van der Waals surface area contributed by atoms with Crippen LogP contribution in [-0.2, 0) is 20.7 Å². The second-order valence-corrected chi connectivity index (χ2v) is 7.16. The van der Waals surface area contributed by atoms with Crippen molar-refractivity contribution >= 4 is 23.8 Å². The number of hydrogen-bond donors (Lipinski definition) is 2. The molecular weight excluding hydrogens is 402 g/mol. The van der Waals surface area contributed by atoms with Crippen molar-refractivity contribution in [2.24, 2.45) is 0 Å². The third kappa shape index (κ3) is 5.70. The average molecular weight is 429 g/mol. The Hall–Kier alpha value is -3.18. The highest BCUT2D eigenvalue weighted by atomic mass is 16.5. The Morgan fingerprint density at radius 3 is 2.00 bits per heavy atom. The normalized spacial score (nSPS) is 16.7. The van der Waals surface area contributed by atoms with E-state index in [1.807, 2.05) is 24.3 Å². The number of ether oxygens (including phenoxy) is 3. The van der Waals surface area contributed by atoms with Gasteiger partial charge in [-0.25, -0.2) is 0 Å². The molecule has 2 saturated heterocycles. The predicted molar refractivity (Wildman–Crippen MR) is 114 cm³/mol. The van der Waals surface area contributed by atoms with E-state index >= 15 is 0 Å². The Bertz CT molecular complexity index is 832. The van der Waals surface area contributed by atoms with Gasteiger partial charge in [-0.2, -0.15) is 15.0 Å². The fraction of sp³-hybridized carbons (Fsp3) is 0.500. The van der Waals surface area contributed by atoms with E-state index in [2.05, 4.69) is 35.6 Å². The summed E-state index contributed by atoms with van der Waals surface area (Å²) in [5.41, 5.74) is 6.39. The fourth-order valence-corrected chi connectivity index (χ4v) is 3.32. The molecule has 0 saturated carbocycles. The zero-order valence-electron chi connectivity index (χ0n) is 17.5. The van der Waals surface area contributed by atoms with Crippen molar-refractivity contribution in [3.8, 4) is 5.75 Å². The molecule has 0 radical (unpaired) electrons. The van der Waals surface area contributed by atoms with Gasteiger partial charge < -0.3 is 24.0 Å². The van der Waals surface area contributed by atoms with Crippen molar-refractivity contribution in [3.63, 3.8) is 0 Å². The van der Waals surface area contributed by atoms with Crippen LogP contribution in [0.4, 0.5) is 17.8 Å². The summed E-state index contributed by atoms with van der Waals surface area (Å²) in [6.45, 7) is 5.32. The van der Waals surface area contributed by atoms with Gasteiger partial charge in [0.2, 0.25) is 23.8 Å². The van der Waals surface area contributed by atoms with E-state index in [4.69, 9.17) is 14.2 Å². The summed E-state index contributed by atoms with van der Waals surface area (Å²) in [5.74, 6) is 1.96. The van der Waals surface area contributed by atoms with Crippen molar-refractivity contribution in [1.82, 2.24) is 20.4 Å².